The van der Waals surface area contributed by atoms with Crippen LogP contribution in [0.4, 0.5) is 4.39 Å². The molecule has 4 heteroatoms. The maximum atomic E-state index is 13.4. The third-order valence-corrected chi connectivity index (χ3v) is 2.52. The van der Waals surface area contributed by atoms with Crippen molar-refractivity contribution >= 4 is 11.8 Å². The van der Waals surface area contributed by atoms with Crippen molar-refractivity contribution in [2.45, 2.75) is 20.3 Å². The number of rotatable bonds is 4. The van der Waals surface area contributed by atoms with Crippen molar-refractivity contribution in [3.63, 3.8) is 0 Å². The molecule has 1 unspecified atom stereocenters. The Morgan fingerprint density at radius 1 is 1.41 bits per heavy atom. The molecule has 0 aromatic heterocycles. The summed E-state index contributed by atoms with van der Waals surface area (Å²) in [5.74, 6) is -1.97. The molecular formula is C13H15FO3. The quantitative estimate of drug-likeness (QED) is 0.598. The van der Waals surface area contributed by atoms with Crippen molar-refractivity contribution in [3.05, 3.63) is 35.1 Å². The zero-order chi connectivity index (χ0) is 13.0. The fourth-order valence-corrected chi connectivity index (χ4v) is 1.53. The van der Waals surface area contributed by atoms with Gasteiger partial charge in [0.1, 0.15) is 5.82 Å². The lowest BCUT2D eigenvalue weighted by Gasteiger charge is -2.09. The van der Waals surface area contributed by atoms with Crippen LogP contribution in [-0.4, -0.2) is 18.9 Å². The van der Waals surface area contributed by atoms with E-state index in [1.54, 1.807) is 19.9 Å². The van der Waals surface area contributed by atoms with Crippen LogP contribution in [0.5, 0.6) is 0 Å². The van der Waals surface area contributed by atoms with Crippen molar-refractivity contribution in [1.82, 2.24) is 0 Å². The van der Waals surface area contributed by atoms with Crippen LogP contribution in [0.15, 0.2) is 18.2 Å². The molecule has 0 saturated carbocycles. The number of esters is 1. The van der Waals surface area contributed by atoms with E-state index in [0.29, 0.717) is 0 Å². The van der Waals surface area contributed by atoms with Crippen molar-refractivity contribution in [1.29, 1.82) is 0 Å². The first-order chi connectivity index (χ1) is 7.95. The fourth-order valence-electron chi connectivity index (χ4n) is 1.53. The van der Waals surface area contributed by atoms with Crippen LogP contribution in [0, 0.1) is 18.7 Å². The summed E-state index contributed by atoms with van der Waals surface area (Å²) < 4.78 is 17.9. The highest BCUT2D eigenvalue weighted by Gasteiger charge is 2.20. The fraction of sp³-hybridized carbons (Fsp3) is 0.385. The van der Waals surface area contributed by atoms with Gasteiger partial charge in [-0.15, -0.1) is 0 Å². The number of methoxy groups -OCH3 is 1. The Morgan fingerprint density at radius 3 is 2.65 bits per heavy atom. The molecule has 0 saturated heterocycles. The van der Waals surface area contributed by atoms with Crippen molar-refractivity contribution < 1.29 is 18.7 Å². The first-order valence-electron chi connectivity index (χ1n) is 5.33. The average Bonchev–Trinajstić information content (AvgIpc) is 2.30. The summed E-state index contributed by atoms with van der Waals surface area (Å²) in [6, 6.07) is 4.34. The molecule has 1 atom stereocenters. The molecule has 3 nitrogen and oxygen atoms in total. The van der Waals surface area contributed by atoms with E-state index < -0.39 is 17.7 Å². The van der Waals surface area contributed by atoms with Gasteiger partial charge in [-0.3, -0.25) is 9.59 Å². The Bertz CT molecular complexity index is 440. The molecule has 0 aliphatic heterocycles. The van der Waals surface area contributed by atoms with Crippen molar-refractivity contribution in [2.75, 3.05) is 7.11 Å². The number of benzene rings is 1. The Morgan fingerprint density at radius 2 is 2.06 bits per heavy atom. The highest BCUT2D eigenvalue weighted by Crippen LogP contribution is 2.15. The summed E-state index contributed by atoms with van der Waals surface area (Å²) in [5, 5.41) is 0. The standard InChI is InChI=1S/C13H15FO3/c1-8-4-5-11(14)10(6-8)12(15)7-9(2)13(16)17-3/h4-6,9H,7H2,1-3H3. The first-order valence-corrected chi connectivity index (χ1v) is 5.33. The molecule has 0 N–H and O–H groups in total. The smallest absolute Gasteiger partial charge is 0.308 e. The molecule has 0 aliphatic carbocycles. The van der Waals surface area contributed by atoms with E-state index in [9.17, 15) is 14.0 Å². The van der Waals surface area contributed by atoms with E-state index in [2.05, 4.69) is 4.74 Å². The van der Waals surface area contributed by atoms with Crippen LogP contribution >= 0.6 is 0 Å². The van der Waals surface area contributed by atoms with Crippen LogP contribution in [0.25, 0.3) is 0 Å². The maximum Gasteiger partial charge on any atom is 0.308 e. The van der Waals surface area contributed by atoms with Gasteiger partial charge in [0.25, 0.3) is 0 Å². The first kappa shape index (κ1) is 13.4. The molecule has 0 spiro atoms. The molecule has 1 aromatic rings. The van der Waals surface area contributed by atoms with Gasteiger partial charge in [-0.2, -0.15) is 0 Å². The van der Waals surface area contributed by atoms with E-state index in [4.69, 9.17) is 0 Å². The third kappa shape index (κ3) is 3.37. The topological polar surface area (TPSA) is 43.4 Å². The van der Waals surface area contributed by atoms with Gasteiger partial charge in [-0.25, -0.2) is 4.39 Å². The molecule has 1 rings (SSSR count). The zero-order valence-electron chi connectivity index (χ0n) is 10.1. The Hall–Kier alpha value is -1.71. The predicted molar refractivity (Wildman–Crippen MR) is 61.3 cm³/mol. The normalized spacial score (nSPS) is 12.0. The molecule has 0 bridgehead atoms. The summed E-state index contributed by atoms with van der Waals surface area (Å²) in [6.45, 7) is 3.36. The van der Waals surface area contributed by atoms with Gasteiger partial charge in [0.2, 0.25) is 0 Å². The second-order valence-electron chi connectivity index (χ2n) is 4.03. The minimum atomic E-state index is -0.563. The van der Waals surface area contributed by atoms with Gasteiger partial charge in [-0.05, 0) is 19.1 Å². The van der Waals surface area contributed by atoms with Crippen molar-refractivity contribution in [2.24, 2.45) is 5.92 Å². The lowest BCUT2D eigenvalue weighted by molar-refractivity contribution is -0.144. The van der Waals surface area contributed by atoms with Crippen LogP contribution < -0.4 is 0 Å². The van der Waals surface area contributed by atoms with Crippen LogP contribution in [0.3, 0.4) is 0 Å². The number of halogens is 1. The number of carbonyl (C=O) groups is 2. The molecule has 0 fully saturated rings. The molecule has 0 amide bonds. The van der Waals surface area contributed by atoms with Crippen LogP contribution in [0.2, 0.25) is 0 Å². The molecule has 0 heterocycles. The van der Waals surface area contributed by atoms with Gasteiger partial charge in [0.05, 0.1) is 18.6 Å². The monoisotopic (exact) mass is 238 g/mol. The zero-order valence-corrected chi connectivity index (χ0v) is 10.1. The number of hydrogen-bond donors (Lipinski definition) is 0. The summed E-state index contributed by atoms with van der Waals surface area (Å²) in [4.78, 5) is 23.0. The average molecular weight is 238 g/mol. The van der Waals surface area contributed by atoms with E-state index >= 15 is 0 Å². The Balaban J connectivity index is 2.83. The van der Waals surface area contributed by atoms with Crippen LogP contribution in [-0.2, 0) is 9.53 Å². The van der Waals surface area contributed by atoms with Gasteiger partial charge < -0.3 is 4.74 Å². The van der Waals surface area contributed by atoms with E-state index in [0.717, 1.165) is 5.56 Å². The third-order valence-electron chi connectivity index (χ3n) is 2.52. The number of ether oxygens (including phenoxy) is 1. The minimum absolute atomic E-state index is 0.0285. The highest BCUT2D eigenvalue weighted by atomic mass is 19.1. The SMILES string of the molecule is COC(=O)C(C)CC(=O)c1cc(C)ccc1F. The second-order valence-corrected chi connectivity index (χ2v) is 4.03. The van der Waals surface area contributed by atoms with E-state index in [-0.39, 0.29) is 17.8 Å². The number of hydrogen-bond acceptors (Lipinski definition) is 3. The van der Waals surface area contributed by atoms with Gasteiger partial charge >= 0.3 is 5.97 Å². The van der Waals surface area contributed by atoms with Gasteiger partial charge in [0, 0.05) is 6.42 Å². The maximum absolute atomic E-state index is 13.4. The highest BCUT2D eigenvalue weighted by molar-refractivity contribution is 5.98. The lowest BCUT2D eigenvalue weighted by Crippen LogP contribution is -2.17. The number of ketones is 1. The molecular weight excluding hydrogens is 223 g/mol. The van der Waals surface area contributed by atoms with Crippen LogP contribution in [0.1, 0.15) is 29.3 Å². The molecule has 0 radical (unpaired) electrons. The summed E-state index contributed by atoms with van der Waals surface area (Å²) >= 11 is 0. The number of aryl methyl sites for hydroxylation is 1. The van der Waals surface area contributed by atoms with Gasteiger partial charge in [0.15, 0.2) is 5.78 Å². The van der Waals surface area contributed by atoms with E-state index in [1.165, 1.54) is 19.2 Å². The molecule has 1 aromatic carbocycles. The lowest BCUT2D eigenvalue weighted by atomic mass is 9.98. The number of carbonyl (C=O) groups excluding carboxylic acids is 2. The Kier molecular flexibility index (Phi) is 4.37. The molecule has 92 valence electrons. The largest absolute Gasteiger partial charge is 0.469 e. The predicted octanol–water partition coefficient (Wildman–Crippen LogP) is 2.52. The molecule has 0 aliphatic rings. The minimum Gasteiger partial charge on any atom is -0.469 e. The van der Waals surface area contributed by atoms with Gasteiger partial charge in [-0.1, -0.05) is 18.6 Å². The summed E-state index contributed by atoms with van der Waals surface area (Å²) in [6.07, 6.45) is -0.0486. The number of Topliss-reactive ketones (excluding diaryl/α,β-unsaturated/α-hetero) is 1. The summed E-state index contributed by atoms with van der Waals surface area (Å²) in [7, 11) is 1.26. The Labute approximate surface area is 99.6 Å². The molecule has 17 heavy (non-hydrogen) atoms. The second kappa shape index (κ2) is 5.57. The summed E-state index contributed by atoms with van der Waals surface area (Å²) in [5.41, 5.74) is 0.834. The van der Waals surface area contributed by atoms with Crippen molar-refractivity contribution in [3.8, 4) is 0 Å². The van der Waals surface area contributed by atoms with E-state index in [1.807, 2.05) is 0 Å².